The second-order valence-electron chi connectivity index (χ2n) is 7.56. The van der Waals surface area contributed by atoms with Crippen molar-refractivity contribution in [3.63, 3.8) is 0 Å². The molecule has 6 heteroatoms. The standard InChI is InChI=1S/C18H28N6/c1-6-19-16(24-13-17(2,3)18(24,4)5)20-11-10-15-22-21-14-9-7-8-12-23(14)15/h7-9,12H,6,10-11,13H2,1-5H3,(H,19,20). The van der Waals surface area contributed by atoms with Crippen LogP contribution in [0, 0.1) is 5.41 Å². The van der Waals surface area contributed by atoms with Crippen LogP contribution in [0.15, 0.2) is 29.4 Å². The molecule has 0 amide bonds. The third-order valence-electron chi connectivity index (χ3n) is 5.46. The smallest absolute Gasteiger partial charge is 0.194 e. The number of guanidine groups is 1. The van der Waals surface area contributed by atoms with Gasteiger partial charge in [0.25, 0.3) is 0 Å². The van der Waals surface area contributed by atoms with Crippen LogP contribution >= 0.6 is 0 Å². The number of nitrogens with zero attached hydrogens (tertiary/aromatic N) is 5. The Labute approximate surface area is 144 Å². The summed E-state index contributed by atoms with van der Waals surface area (Å²) in [4.78, 5) is 7.20. The molecule has 0 radical (unpaired) electrons. The van der Waals surface area contributed by atoms with Gasteiger partial charge in [0.1, 0.15) is 5.82 Å². The SMILES string of the molecule is CCNC(=NCCc1nnc2ccccn12)N1CC(C)(C)C1(C)C. The van der Waals surface area contributed by atoms with E-state index in [2.05, 4.69) is 55.0 Å². The Balaban J connectivity index is 1.71. The van der Waals surface area contributed by atoms with Crippen molar-refractivity contribution in [1.29, 1.82) is 0 Å². The van der Waals surface area contributed by atoms with Gasteiger partial charge < -0.3 is 10.2 Å². The van der Waals surface area contributed by atoms with Crippen LogP contribution in [0.5, 0.6) is 0 Å². The first-order valence-corrected chi connectivity index (χ1v) is 8.71. The molecule has 0 unspecified atom stereocenters. The first-order chi connectivity index (χ1) is 11.4. The molecule has 0 atom stereocenters. The van der Waals surface area contributed by atoms with Crippen molar-refractivity contribution in [2.75, 3.05) is 19.6 Å². The molecule has 130 valence electrons. The van der Waals surface area contributed by atoms with E-state index in [4.69, 9.17) is 4.99 Å². The molecule has 0 aromatic carbocycles. The lowest BCUT2D eigenvalue weighted by Gasteiger charge is -2.62. The van der Waals surface area contributed by atoms with Crippen molar-refractivity contribution in [2.24, 2.45) is 10.4 Å². The molecule has 1 saturated heterocycles. The molecule has 3 heterocycles. The van der Waals surface area contributed by atoms with Gasteiger partial charge in [0.2, 0.25) is 0 Å². The maximum Gasteiger partial charge on any atom is 0.194 e. The summed E-state index contributed by atoms with van der Waals surface area (Å²) in [5.41, 5.74) is 1.29. The zero-order valence-electron chi connectivity index (χ0n) is 15.4. The fourth-order valence-corrected chi connectivity index (χ4v) is 3.12. The Morgan fingerprint density at radius 3 is 2.71 bits per heavy atom. The summed E-state index contributed by atoms with van der Waals surface area (Å²) in [5.74, 6) is 1.95. The van der Waals surface area contributed by atoms with Gasteiger partial charge in [0.15, 0.2) is 11.6 Å². The van der Waals surface area contributed by atoms with E-state index in [9.17, 15) is 0 Å². The predicted molar refractivity (Wildman–Crippen MR) is 97.2 cm³/mol. The topological polar surface area (TPSA) is 57.8 Å². The van der Waals surface area contributed by atoms with Gasteiger partial charge >= 0.3 is 0 Å². The zero-order valence-corrected chi connectivity index (χ0v) is 15.4. The summed E-state index contributed by atoms with van der Waals surface area (Å²) >= 11 is 0. The molecule has 6 nitrogen and oxygen atoms in total. The highest BCUT2D eigenvalue weighted by molar-refractivity contribution is 5.82. The molecular formula is C18H28N6. The monoisotopic (exact) mass is 328 g/mol. The van der Waals surface area contributed by atoms with Crippen LogP contribution in [0.2, 0.25) is 0 Å². The molecule has 2 aromatic heterocycles. The lowest BCUT2D eigenvalue weighted by atomic mass is 9.65. The fraction of sp³-hybridized carbons (Fsp3) is 0.611. The number of aromatic nitrogens is 3. The molecule has 3 rings (SSSR count). The van der Waals surface area contributed by atoms with E-state index < -0.39 is 0 Å². The van der Waals surface area contributed by atoms with E-state index in [1.807, 2.05) is 28.8 Å². The van der Waals surface area contributed by atoms with Crippen LogP contribution in [-0.4, -0.2) is 50.6 Å². The molecule has 1 aliphatic rings. The van der Waals surface area contributed by atoms with E-state index in [0.29, 0.717) is 12.0 Å². The second kappa shape index (κ2) is 6.07. The summed E-state index contributed by atoms with van der Waals surface area (Å²) in [6, 6.07) is 5.94. The van der Waals surface area contributed by atoms with Crippen molar-refractivity contribution in [1.82, 2.24) is 24.8 Å². The van der Waals surface area contributed by atoms with Gasteiger partial charge in [-0.2, -0.15) is 0 Å². The van der Waals surface area contributed by atoms with Gasteiger partial charge in [-0.05, 0) is 32.9 Å². The lowest BCUT2D eigenvalue weighted by molar-refractivity contribution is -0.0667. The number of rotatable bonds is 4. The molecule has 0 aliphatic carbocycles. The number of nitrogens with one attached hydrogen (secondary N) is 1. The molecule has 24 heavy (non-hydrogen) atoms. The first-order valence-electron chi connectivity index (χ1n) is 8.71. The number of hydrogen-bond donors (Lipinski definition) is 1. The van der Waals surface area contributed by atoms with Gasteiger partial charge in [-0.3, -0.25) is 9.39 Å². The molecule has 1 fully saturated rings. The average molecular weight is 328 g/mol. The largest absolute Gasteiger partial charge is 0.356 e. The van der Waals surface area contributed by atoms with Gasteiger partial charge in [-0.15, -0.1) is 10.2 Å². The highest BCUT2D eigenvalue weighted by atomic mass is 15.4. The quantitative estimate of drug-likeness (QED) is 0.691. The third-order valence-corrected chi connectivity index (χ3v) is 5.46. The second-order valence-corrected chi connectivity index (χ2v) is 7.56. The van der Waals surface area contributed by atoms with Gasteiger partial charge in [0, 0.05) is 43.2 Å². The summed E-state index contributed by atoms with van der Waals surface area (Å²) in [5, 5.41) is 11.9. The fourth-order valence-electron chi connectivity index (χ4n) is 3.12. The van der Waals surface area contributed by atoms with Crippen molar-refractivity contribution in [3.8, 4) is 0 Å². The molecule has 2 aromatic rings. The van der Waals surface area contributed by atoms with Crippen molar-refractivity contribution >= 4 is 11.6 Å². The molecule has 0 bridgehead atoms. The minimum atomic E-state index is 0.107. The van der Waals surface area contributed by atoms with E-state index in [1.165, 1.54) is 0 Å². The number of pyridine rings is 1. The van der Waals surface area contributed by atoms with Crippen LogP contribution in [0.4, 0.5) is 0 Å². The van der Waals surface area contributed by atoms with Crippen molar-refractivity contribution in [2.45, 2.75) is 46.6 Å². The lowest BCUT2D eigenvalue weighted by Crippen LogP contribution is -2.72. The molecule has 1 aliphatic heterocycles. The minimum absolute atomic E-state index is 0.107. The van der Waals surface area contributed by atoms with Crippen LogP contribution in [-0.2, 0) is 6.42 Å². The van der Waals surface area contributed by atoms with Gasteiger partial charge in [-0.25, -0.2) is 0 Å². The Kier molecular flexibility index (Phi) is 4.24. The Morgan fingerprint density at radius 2 is 2.04 bits per heavy atom. The minimum Gasteiger partial charge on any atom is -0.356 e. The van der Waals surface area contributed by atoms with Crippen molar-refractivity contribution < 1.29 is 0 Å². The number of likely N-dealkylation sites (tertiary alicyclic amines) is 1. The van der Waals surface area contributed by atoms with Crippen LogP contribution in [0.25, 0.3) is 5.65 Å². The number of fused-ring (bicyclic) bond motifs is 1. The van der Waals surface area contributed by atoms with Gasteiger partial charge in [0.05, 0.1) is 0 Å². The number of hydrogen-bond acceptors (Lipinski definition) is 3. The summed E-state index contributed by atoms with van der Waals surface area (Å²) in [7, 11) is 0. The molecule has 0 saturated carbocycles. The third kappa shape index (κ3) is 2.74. The Hall–Kier alpha value is -2.11. The normalized spacial score (nSPS) is 19.4. The van der Waals surface area contributed by atoms with E-state index in [-0.39, 0.29) is 5.54 Å². The first kappa shape index (κ1) is 16.7. The summed E-state index contributed by atoms with van der Waals surface area (Å²) in [6.45, 7) is 13.9. The van der Waals surface area contributed by atoms with E-state index >= 15 is 0 Å². The predicted octanol–water partition coefficient (Wildman–Crippen LogP) is 2.36. The van der Waals surface area contributed by atoms with E-state index in [1.54, 1.807) is 0 Å². The van der Waals surface area contributed by atoms with Gasteiger partial charge in [-0.1, -0.05) is 19.9 Å². The van der Waals surface area contributed by atoms with Crippen molar-refractivity contribution in [3.05, 3.63) is 30.2 Å². The van der Waals surface area contributed by atoms with Crippen LogP contribution in [0.3, 0.4) is 0 Å². The van der Waals surface area contributed by atoms with E-state index in [0.717, 1.165) is 36.9 Å². The number of aliphatic imine (C=N–C) groups is 1. The zero-order chi connectivity index (χ0) is 17.4. The maximum absolute atomic E-state index is 4.83. The van der Waals surface area contributed by atoms with Crippen LogP contribution in [0.1, 0.15) is 40.4 Å². The highest BCUT2D eigenvalue weighted by Crippen LogP contribution is 2.46. The molecule has 1 N–H and O–H groups in total. The highest BCUT2D eigenvalue weighted by Gasteiger charge is 2.53. The molecule has 0 spiro atoms. The maximum atomic E-state index is 4.83. The van der Waals surface area contributed by atoms with Crippen LogP contribution < -0.4 is 5.32 Å². The summed E-state index contributed by atoms with van der Waals surface area (Å²) in [6.07, 6.45) is 2.78. The Bertz CT molecular complexity index is 743. The summed E-state index contributed by atoms with van der Waals surface area (Å²) < 4.78 is 2.03. The Morgan fingerprint density at radius 1 is 1.25 bits per heavy atom. The average Bonchev–Trinajstić information content (AvgIpc) is 2.95. The molecular weight excluding hydrogens is 300 g/mol.